The molecule has 0 bridgehead atoms. The minimum absolute atomic E-state index is 0.0247. The van der Waals surface area contributed by atoms with Crippen LogP contribution in [0.15, 0.2) is 18.5 Å². The Morgan fingerprint density at radius 1 is 1.39 bits per heavy atom. The molecule has 0 atom stereocenters. The summed E-state index contributed by atoms with van der Waals surface area (Å²) >= 11 is 5.82. The van der Waals surface area contributed by atoms with E-state index in [1.165, 1.54) is 19.5 Å². The number of phenolic OH excluding ortho intramolecular Hbond substituents is 1. The van der Waals surface area contributed by atoms with Crippen LogP contribution in [0.4, 0.5) is 0 Å². The molecule has 1 aromatic heterocycles. The van der Waals surface area contributed by atoms with E-state index >= 15 is 0 Å². The largest absolute Gasteiger partial charge is 0.504 e. The van der Waals surface area contributed by atoms with Gasteiger partial charge in [-0.05, 0) is 6.07 Å². The highest BCUT2D eigenvalue weighted by molar-refractivity contribution is 6.34. The number of nitrogens with zero attached hydrogens (tertiary/aromatic N) is 2. The molecule has 1 heterocycles. The maximum absolute atomic E-state index is 9.49. The standard InChI is InChI=1S/C9H7ClN2O2.C2H4O2/c1-14-8-3-6-5(2-7(8)13)9(10)12-4-11-6;1-2(3)4/h2-4,13H,1H3;1H3,(H,3,4). The summed E-state index contributed by atoms with van der Waals surface area (Å²) in [7, 11) is 1.48. The number of ether oxygens (including phenoxy) is 1. The average Bonchev–Trinajstić information content (AvgIpc) is 2.29. The molecule has 0 unspecified atom stereocenters. The maximum Gasteiger partial charge on any atom is 0.300 e. The van der Waals surface area contributed by atoms with Crippen LogP contribution in [0.2, 0.25) is 5.15 Å². The molecular formula is C11H11ClN2O4. The third-order valence-electron chi connectivity index (χ3n) is 1.89. The van der Waals surface area contributed by atoms with Crippen molar-refractivity contribution in [3.05, 3.63) is 23.6 Å². The fourth-order valence-corrected chi connectivity index (χ4v) is 1.40. The van der Waals surface area contributed by atoms with Crippen molar-refractivity contribution >= 4 is 28.5 Å². The van der Waals surface area contributed by atoms with Crippen molar-refractivity contribution in [2.45, 2.75) is 6.92 Å². The third-order valence-corrected chi connectivity index (χ3v) is 2.19. The van der Waals surface area contributed by atoms with Crippen molar-refractivity contribution < 1.29 is 19.7 Å². The number of aliphatic carboxylic acids is 1. The van der Waals surface area contributed by atoms with Gasteiger partial charge in [0.1, 0.15) is 11.5 Å². The van der Waals surface area contributed by atoms with Crippen molar-refractivity contribution in [1.29, 1.82) is 0 Å². The smallest absolute Gasteiger partial charge is 0.300 e. The Morgan fingerprint density at radius 3 is 2.56 bits per heavy atom. The van der Waals surface area contributed by atoms with Crippen LogP contribution < -0.4 is 4.74 Å². The van der Waals surface area contributed by atoms with Crippen LogP contribution in [0.25, 0.3) is 10.9 Å². The molecule has 0 fully saturated rings. The summed E-state index contributed by atoms with van der Waals surface area (Å²) in [6, 6.07) is 3.09. The number of hydrogen-bond acceptors (Lipinski definition) is 5. The van der Waals surface area contributed by atoms with Crippen LogP contribution in [0.3, 0.4) is 0 Å². The lowest BCUT2D eigenvalue weighted by Crippen LogP contribution is -1.87. The maximum atomic E-state index is 9.49. The molecule has 0 amide bonds. The lowest BCUT2D eigenvalue weighted by Gasteiger charge is -2.04. The zero-order chi connectivity index (χ0) is 13.7. The predicted molar refractivity (Wildman–Crippen MR) is 66.1 cm³/mol. The van der Waals surface area contributed by atoms with E-state index in [0.29, 0.717) is 21.8 Å². The lowest BCUT2D eigenvalue weighted by molar-refractivity contribution is -0.134. The molecule has 0 aliphatic carbocycles. The summed E-state index contributed by atoms with van der Waals surface area (Å²) in [6.07, 6.45) is 1.36. The van der Waals surface area contributed by atoms with Crippen molar-refractivity contribution in [2.24, 2.45) is 0 Å². The fraction of sp³-hybridized carbons (Fsp3) is 0.182. The second-order valence-electron chi connectivity index (χ2n) is 3.22. The molecule has 0 saturated heterocycles. The molecule has 0 aliphatic rings. The molecule has 2 N–H and O–H groups in total. The van der Waals surface area contributed by atoms with Crippen LogP contribution in [0.5, 0.6) is 11.5 Å². The fourth-order valence-electron chi connectivity index (χ4n) is 1.20. The van der Waals surface area contributed by atoms with Gasteiger partial charge in [-0.15, -0.1) is 0 Å². The van der Waals surface area contributed by atoms with Gasteiger partial charge in [0.2, 0.25) is 0 Å². The molecule has 0 aliphatic heterocycles. The normalized spacial score (nSPS) is 9.50. The summed E-state index contributed by atoms with van der Waals surface area (Å²) in [5, 5.41) is 17.8. The highest BCUT2D eigenvalue weighted by Gasteiger charge is 2.07. The number of halogens is 1. The van der Waals surface area contributed by atoms with Gasteiger partial charge in [0.15, 0.2) is 11.5 Å². The minimum atomic E-state index is -0.833. The molecular weight excluding hydrogens is 260 g/mol. The summed E-state index contributed by atoms with van der Waals surface area (Å²) in [6.45, 7) is 1.08. The quantitative estimate of drug-likeness (QED) is 0.771. The Bertz CT molecular complexity index is 570. The summed E-state index contributed by atoms with van der Waals surface area (Å²) < 4.78 is 4.94. The number of benzene rings is 1. The van der Waals surface area contributed by atoms with E-state index in [0.717, 1.165) is 6.92 Å². The number of hydrogen-bond donors (Lipinski definition) is 2. The highest BCUT2D eigenvalue weighted by Crippen LogP contribution is 2.32. The average molecular weight is 271 g/mol. The number of carboxylic acids is 1. The number of methoxy groups -OCH3 is 1. The molecule has 7 heteroatoms. The summed E-state index contributed by atoms with van der Waals surface area (Å²) in [5.41, 5.74) is 0.639. The van der Waals surface area contributed by atoms with E-state index in [4.69, 9.17) is 26.2 Å². The van der Waals surface area contributed by atoms with Gasteiger partial charge in [0.25, 0.3) is 5.97 Å². The Kier molecular flexibility index (Phi) is 4.67. The first kappa shape index (κ1) is 14.0. The number of fused-ring (bicyclic) bond motifs is 1. The molecule has 18 heavy (non-hydrogen) atoms. The highest BCUT2D eigenvalue weighted by atomic mass is 35.5. The molecule has 2 aromatic rings. The van der Waals surface area contributed by atoms with Crippen LogP contribution >= 0.6 is 11.6 Å². The zero-order valence-corrected chi connectivity index (χ0v) is 10.5. The van der Waals surface area contributed by atoms with E-state index < -0.39 is 5.97 Å². The molecule has 0 saturated carbocycles. The number of rotatable bonds is 1. The van der Waals surface area contributed by atoms with Gasteiger partial charge in [-0.3, -0.25) is 4.79 Å². The van der Waals surface area contributed by atoms with Gasteiger partial charge in [-0.1, -0.05) is 11.6 Å². The van der Waals surface area contributed by atoms with Gasteiger partial charge in [-0.25, -0.2) is 9.97 Å². The molecule has 6 nitrogen and oxygen atoms in total. The van der Waals surface area contributed by atoms with Crippen LogP contribution in [-0.4, -0.2) is 33.3 Å². The van der Waals surface area contributed by atoms with Gasteiger partial charge < -0.3 is 14.9 Å². The van der Waals surface area contributed by atoms with Gasteiger partial charge in [0, 0.05) is 18.4 Å². The first-order chi connectivity index (χ1) is 8.45. The van der Waals surface area contributed by atoms with E-state index in [2.05, 4.69) is 9.97 Å². The number of aromatic nitrogens is 2. The van der Waals surface area contributed by atoms with Crippen LogP contribution in [0, 0.1) is 0 Å². The van der Waals surface area contributed by atoms with Crippen molar-refractivity contribution in [1.82, 2.24) is 9.97 Å². The number of carboxylic acid groups (broad SMARTS) is 1. The van der Waals surface area contributed by atoms with Crippen molar-refractivity contribution in [3.63, 3.8) is 0 Å². The number of carbonyl (C=O) groups is 1. The molecule has 0 radical (unpaired) electrons. The van der Waals surface area contributed by atoms with Gasteiger partial charge >= 0.3 is 0 Å². The van der Waals surface area contributed by atoms with Gasteiger partial charge in [-0.2, -0.15) is 0 Å². The van der Waals surface area contributed by atoms with E-state index in [1.54, 1.807) is 6.07 Å². The first-order valence-electron chi connectivity index (χ1n) is 4.82. The topological polar surface area (TPSA) is 92.5 Å². The SMILES string of the molecule is CC(=O)O.COc1cc2ncnc(Cl)c2cc1O. The van der Waals surface area contributed by atoms with E-state index in [9.17, 15) is 5.11 Å². The van der Waals surface area contributed by atoms with Crippen molar-refractivity contribution in [3.8, 4) is 11.5 Å². The molecule has 0 spiro atoms. The van der Waals surface area contributed by atoms with E-state index in [-0.39, 0.29) is 5.75 Å². The third kappa shape index (κ3) is 3.46. The molecule has 1 aromatic carbocycles. The predicted octanol–water partition coefficient (Wildman–Crippen LogP) is 2.09. The van der Waals surface area contributed by atoms with Crippen LogP contribution in [-0.2, 0) is 4.79 Å². The monoisotopic (exact) mass is 270 g/mol. The first-order valence-corrected chi connectivity index (χ1v) is 5.20. The Morgan fingerprint density at radius 2 is 2.00 bits per heavy atom. The second-order valence-corrected chi connectivity index (χ2v) is 3.58. The van der Waals surface area contributed by atoms with Crippen molar-refractivity contribution in [2.75, 3.05) is 7.11 Å². The Balaban J connectivity index is 0.000000357. The number of aromatic hydroxyl groups is 1. The number of phenols is 1. The zero-order valence-electron chi connectivity index (χ0n) is 9.72. The Labute approximate surface area is 108 Å². The Hall–Kier alpha value is -2.08. The minimum Gasteiger partial charge on any atom is -0.504 e. The van der Waals surface area contributed by atoms with Crippen LogP contribution in [0.1, 0.15) is 6.92 Å². The molecule has 2 rings (SSSR count). The summed E-state index contributed by atoms with van der Waals surface area (Å²) in [4.78, 5) is 16.8. The van der Waals surface area contributed by atoms with Gasteiger partial charge in [0.05, 0.1) is 12.6 Å². The second kappa shape index (κ2) is 6.02. The molecule has 96 valence electrons. The summed E-state index contributed by atoms with van der Waals surface area (Å²) in [5.74, 6) is -0.441. The lowest BCUT2D eigenvalue weighted by atomic mass is 10.2. The van der Waals surface area contributed by atoms with E-state index in [1.807, 2.05) is 0 Å².